The average Bonchev–Trinajstić information content (AvgIpc) is 3.01. The highest BCUT2D eigenvalue weighted by Gasteiger charge is 2.39. The second-order valence-corrected chi connectivity index (χ2v) is 8.34. The molecule has 6 nitrogen and oxygen atoms in total. The predicted molar refractivity (Wildman–Crippen MR) is 113 cm³/mol. The summed E-state index contributed by atoms with van der Waals surface area (Å²) in [5.41, 5.74) is 13.1. The first kappa shape index (κ1) is 18.8. The van der Waals surface area contributed by atoms with Gasteiger partial charge in [-0.3, -0.25) is 0 Å². The quantitative estimate of drug-likeness (QED) is 0.491. The minimum atomic E-state index is -3.99. The van der Waals surface area contributed by atoms with Gasteiger partial charge in [-0.1, -0.05) is 60.2 Å². The number of anilines is 1. The van der Waals surface area contributed by atoms with Crippen molar-refractivity contribution < 1.29 is 13.2 Å². The number of hydrogen-bond donors (Lipinski definition) is 0. The standard InChI is InChI=1S/C22H18N4O2S/c1-16-11-13-18(14-12-16)29(27,28)25-22-21(24-23)19-9-5-6-10-20(19)26(22)15-17-7-3-2-4-8-17/h2-14H,15H2,1H3/b25-22-. The molecule has 0 radical (unpaired) electrons. The van der Waals surface area contributed by atoms with Crippen molar-refractivity contribution in [2.24, 2.45) is 4.40 Å². The molecule has 0 amide bonds. The number of benzene rings is 3. The van der Waals surface area contributed by atoms with Crippen LogP contribution in [-0.2, 0) is 16.6 Å². The molecule has 0 unspecified atom stereocenters. The van der Waals surface area contributed by atoms with E-state index in [0.29, 0.717) is 12.1 Å². The highest BCUT2D eigenvalue weighted by atomic mass is 32.2. The smallest absolute Gasteiger partial charge is 0.361 e. The molecule has 0 atom stereocenters. The van der Waals surface area contributed by atoms with Gasteiger partial charge in [0.05, 0.1) is 16.1 Å². The van der Waals surface area contributed by atoms with Crippen LogP contribution < -0.4 is 4.90 Å². The van der Waals surface area contributed by atoms with Crippen LogP contribution in [0, 0.1) is 6.92 Å². The van der Waals surface area contributed by atoms with Gasteiger partial charge in [0.15, 0.2) is 0 Å². The summed E-state index contributed by atoms with van der Waals surface area (Å²) in [4.78, 5) is 5.22. The molecule has 1 heterocycles. The minimum Gasteiger partial charge on any atom is -0.361 e. The fourth-order valence-corrected chi connectivity index (χ4v) is 4.26. The van der Waals surface area contributed by atoms with E-state index < -0.39 is 10.0 Å². The Morgan fingerprint density at radius 1 is 0.931 bits per heavy atom. The topological polar surface area (TPSA) is 86.1 Å². The van der Waals surface area contributed by atoms with E-state index in [4.69, 9.17) is 0 Å². The molecule has 0 aromatic heterocycles. The lowest BCUT2D eigenvalue weighted by atomic mass is 10.1. The third kappa shape index (κ3) is 3.61. The summed E-state index contributed by atoms with van der Waals surface area (Å²) in [6.45, 7) is 2.27. The molecule has 0 bridgehead atoms. The lowest BCUT2D eigenvalue weighted by Crippen LogP contribution is -2.31. The average molecular weight is 402 g/mol. The van der Waals surface area contributed by atoms with Crippen LogP contribution in [0.4, 0.5) is 5.69 Å². The zero-order chi connectivity index (χ0) is 20.4. The van der Waals surface area contributed by atoms with Gasteiger partial charge in [-0.25, -0.2) is 0 Å². The maximum atomic E-state index is 13.0. The van der Waals surface area contributed by atoms with Crippen LogP contribution >= 0.6 is 0 Å². The molecular weight excluding hydrogens is 384 g/mol. The van der Waals surface area contributed by atoms with E-state index in [0.717, 1.165) is 16.8 Å². The van der Waals surface area contributed by atoms with E-state index in [9.17, 15) is 13.9 Å². The Morgan fingerprint density at radius 2 is 1.59 bits per heavy atom. The number of nitrogens with zero attached hydrogens (tertiary/aromatic N) is 4. The molecule has 1 aliphatic heterocycles. The van der Waals surface area contributed by atoms with Gasteiger partial charge in [-0.05, 0) is 36.8 Å². The molecule has 144 valence electrons. The van der Waals surface area contributed by atoms with Crippen molar-refractivity contribution in [1.82, 2.24) is 0 Å². The van der Waals surface area contributed by atoms with Crippen molar-refractivity contribution in [3.8, 4) is 0 Å². The molecular formula is C22H18N4O2S. The molecule has 0 aliphatic carbocycles. The van der Waals surface area contributed by atoms with E-state index in [1.807, 2.05) is 55.5 Å². The van der Waals surface area contributed by atoms with Gasteiger partial charge in [0.25, 0.3) is 10.0 Å². The highest BCUT2D eigenvalue weighted by Crippen LogP contribution is 2.31. The summed E-state index contributed by atoms with van der Waals surface area (Å²) >= 11 is 0. The van der Waals surface area contributed by atoms with Crippen molar-refractivity contribution in [2.45, 2.75) is 18.4 Å². The number of rotatable bonds is 4. The molecule has 0 saturated heterocycles. The van der Waals surface area contributed by atoms with Gasteiger partial charge < -0.3 is 10.4 Å². The zero-order valence-corrected chi connectivity index (χ0v) is 16.5. The van der Waals surface area contributed by atoms with Crippen molar-refractivity contribution in [3.05, 3.63) is 101 Å². The second kappa shape index (κ2) is 7.47. The molecule has 0 fully saturated rings. The number of aryl methyl sites for hydroxylation is 1. The van der Waals surface area contributed by atoms with Crippen molar-refractivity contribution >= 4 is 27.3 Å². The molecule has 29 heavy (non-hydrogen) atoms. The fraction of sp³-hybridized carbons (Fsp3) is 0.0909. The van der Waals surface area contributed by atoms with Gasteiger partial charge in [-0.2, -0.15) is 13.2 Å². The third-order valence-corrected chi connectivity index (χ3v) is 6.01. The fourth-order valence-electron chi connectivity index (χ4n) is 3.27. The molecule has 0 spiro atoms. The second-order valence-electron chi connectivity index (χ2n) is 6.74. The van der Waals surface area contributed by atoms with E-state index in [1.54, 1.807) is 23.1 Å². The summed E-state index contributed by atoms with van der Waals surface area (Å²) in [6.07, 6.45) is 0. The van der Waals surface area contributed by atoms with Gasteiger partial charge >= 0.3 is 5.71 Å². The monoisotopic (exact) mass is 402 g/mol. The van der Waals surface area contributed by atoms with E-state index in [2.05, 4.69) is 9.19 Å². The van der Waals surface area contributed by atoms with Gasteiger partial charge in [0.2, 0.25) is 5.84 Å². The van der Waals surface area contributed by atoms with Crippen LogP contribution in [0.15, 0.2) is 88.2 Å². The molecule has 0 N–H and O–H groups in total. The Morgan fingerprint density at radius 3 is 2.28 bits per heavy atom. The molecule has 0 saturated carbocycles. The number of fused-ring (bicyclic) bond motifs is 1. The Labute approximate surface area is 169 Å². The SMILES string of the molecule is Cc1ccc(S(=O)(=O)/N=C2/C(=[N+]=[N-])c3ccccc3N2Cc2ccccc2)cc1. The van der Waals surface area contributed by atoms with Crippen LogP contribution in [-0.4, -0.2) is 24.8 Å². The highest BCUT2D eigenvalue weighted by molar-refractivity contribution is 7.90. The lowest BCUT2D eigenvalue weighted by Gasteiger charge is -2.18. The van der Waals surface area contributed by atoms with Crippen molar-refractivity contribution in [1.29, 1.82) is 0 Å². The van der Waals surface area contributed by atoms with Crippen LogP contribution in [0.1, 0.15) is 16.7 Å². The Bertz CT molecular complexity index is 1240. The number of sulfonamides is 1. The number of para-hydroxylation sites is 1. The molecule has 7 heteroatoms. The predicted octanol–water partition coefficient (Wildman–Crippen LogP) is 3.82. The molecule has 1 aliphatic rings. The first-order valence-electron chi connectivity index (χ1n) is 9.04. The normalized spacial score (nSPS) is 14.7. The summed E-state index contributed by atoms with van der Waals surface area (Å²) in [5.74, 6) is 0.0955. The first-order chi connectivity index (χ1) is 14.0. The summed E-state index contributed by atoms with van der Waals surface area (Å²) in [7, 11) is -3.99. The van der Waals surface area contributed by atoms with Crippen molar-refractivity contribution in [3.63, 3.8) is 0 Å². The zero-order valence-electron chi connectivity index (χ0n) is 15.7. The van der Waals surface area contributed by atoms with Crippen molar-refractivity contribution in [2.75, 3.05) is 4.90 Å². The number of hydrogen-bond acceptors (Lipinski definition) is 2. The molecule has 3 aromatic carbocycles. The summed E-state index contributed by atoms with van der Waals surface area (Å²) in [6, 6.07) is 23.4. The largest absolute Gasteiger partial charge is 0.367 e. The maximum absolute atomic E-state index is 13.0. The third-order valence-electron chi connectivity index (χ3n) is 4.73. The van der Waals surface area contributed by atoms with Gasteiger partial charge in [-0.15, -0.1) is 4.40 Å². The lowest BCUT2D eigenvalue weighted by molar-refractivity contribution is -0.000214. The van der Waals surface area contributed by atoms with Gasteiger partial charge in [0, 0.05) is 6.54 Å². The van der Waals surface area contributed by atoms with E-state index in [-0.39, 0.29) is 16.4 Å². The Hall–Kier alpha value is -3.54. The summed E-state index contributed by atoms with van der Waals surface area (Å²) < 4.78 is 30.0. The maximum Gasteiger partial charge on any atom is 0.367 e. The Balaban J connectivity index is 1.85. The molecule has 3 aromatic rings. The van der Waals surface area contributed by atoms with Crippen LogP contribution in [0.3, 0.4) is 0 Å². The van der Waals surface area contributed by atoms with Crippen LogP contribution in [0.25, 0.3) is 5.53 Å². The first-order valence-corrected chi connectivity index (χ1v) is 10.5. The van der Waals surface area contributed by atoms with E-state index >= 15 is 0 Å². The number of amidine groups is 1. The minimum absolute atomic E-state index is 0.0866. The van der Waals surface area contributed by atoms with Crippen LogP contribution in [0.2, 0.25) is 0 Å². The van der Waals surface area contributed by atoms with E-state index in [1.165, 1.54) is 12.1 Å². The van der Waals surface area contributed by atoms with Gasteiger partial charge in [0.1, 0.15) is 0 Å². The Kier molecular flexibility index (Phi) is 4.84. The molecule has 4 rings (SSSR count). The van der Waals surface area contributed by atoms with Crippen LogP contribution in [0.5, 0.6) is 0 Å². The summed E-state index contributed by atoms with van der Waals surface area (Å²) in [5, 5.41) is 0.